The van der Waals surface area contributed by atoms with Crippen LogP contribution in [-0.2, 0) is 0 Å². The first kappa shape index (κ1) is 23.1. The third-order valence-electron chi connectivity index (χ3n) is 5.72. The molecule has 2 aromatic carbocycles. The zero-order valence-electron chi connectivity index (χ0n) is 19.4. The number of carbonyl (C=O) groups is 1. The van der Waals surface area contributed by atoms with Gasteiger partial charge in [0.2, 0.25) is 0 Å². The smallest absolute Gasteiger partial charge is 0.417 e. The Hall–Kier alpha value is -4.05. The Kier molecular flexibility index (Phi) is 6.98. The van der Waals surface area contributed by atoms with Gasteiger partial charge in [-0.05, 0) is 43.4 Å². The highest BCUT2D eigenvalue weighted by Gasteiger charge is 2.21. The van der Waals surface area contributed by atoms with Crippen LogP contribution in [0, 0.1) is 0 Å². The third-order valence-corrected chi connectivity index (χ3v) is 5.72. The summed E-state index contributed by atoms with van der Waals surface area (Å²) in [6.45, 7) is 3.87. The summed E-state index contributed by atoms with van der Waals surface area (Å²) in [6.07, 6.45) is 0.182. The minimum Gasteiger partial charge on any atom is -0.497 e. The van der Waals surface area contributed by atoms with Crippen molar-refractivity contribution in [1.29, 1.82) is 0 Å². The molecule has 1 aliphatic rings. The number of carboxylic acid groups (broad SMARTS) is 1. The minimum atomic E-state index is -1.14. The molecule has 10 heteroatoms. The second-order valence-electron chi connectivity index (χ2n) is 7.88. The van der Waals surface area contributed by atoms with Crippen molar-refractivity contribution in [2.45, 2.75) is 0 Å². The number of nitrogens with zero attached hydrogens (tertiary/aromatic N) is 5. The maximum absolute atomic E-state index is 12.2. The van der Waals surface area contributed by atoms with Gasteiger partial charge in [0.15, 0.2) is 0 Å². The predicted molar refractivity (Wildman–Crippen MR) is 131 cm³/mol. The molecule has 178 valence electrons. The molecule has 4 rings (SSSR count). The molecule has 1 saturated heterocycles. The van der Waals surface area contributed by atoms with Crippen LogP contribution in [0.25, 0.3) is 0 Å². The normalized spacial score (nSPS) is 13.9. The van der Waals surface area contributed by atoms with Gasteiger partial charge in [0, 0.05) is 44.0 Å². The Labute approximate surface area is 198 Å². The third kappa shape index (κ3) is 5.12. The van der Waals surface area contributed by atoms with Crippen molar-refractivity contribution in [3.8, 4) is 11.5 Å². The van der Waals surface area contributed by atoms with Crippen LogP contribution in [0.2, 0.25) is 0 Å². The maximum atomic E-state index is 12.2. The Bertz CT molecular complexity index is 1130. The molecule has 0 radical (unpaired) electrons. The van der Waals surface area contributed by atoms with Gasteiger partial charge in [0.05, 0.1) is 25.6 Å². The van der Waals surface area contributed by atoms with Crippen molar-refractivity contribution in [2.24, 2.45) is 0 Å². The average molecular weight is 465 g/mol. The molecule has 34 heavy (non-hydrogen) atoms. The summed E-state index contributed by atoms with van der Waals surface area (Å²) >= 11 is 0. The second kappa shape index (κ2) is 10.3. The first-order valence-corrected chi connectivity index (χ1v) is 10.9. The lowest BCUT2D eigenvalue weighted by atomic mass is 10.2. The van der Waals surface area contributed by atoms with Crippen LogP contribution < -0.4 is 24.6 Å². The van der Waals surface area contributed by atoms with Gasteiger partial charge in [-0.1, -0.05) is 0 Å². The number of likely N-dealkylation sites (N-methyl/N-ethyl adjacent to an activating group) is 1. The highest BCUT2D eigenvalue weighted by molar-refractivity contribution is 5.94. The number of rotatable bonds is 7. The SMILES string of the molecule is COc1ccc(Nc2cc(N(C(=O)O)c3ccc(N4CCN(C)CC4)cc3)ncn2)c(OC)c1. The molecule has 0 spiro atoms. The largest absolute Gasteiger partial charge is 0.497 e. The van der Waals surface area contributed by atoms with Gasteiger partial charge in [0.25, 0.3) is 0 Å². The van der Waals surface area contributed by atoms with Crippen LogP contribution in [0.1, 0.15) is 0 Å². The molecule has 0 unspecified atom stereocenters. The molecule has 0 atom stereocenters. The maximum Gasteiger partial charge on any atom is 0.417 e. The number of amides is 1. The van der Waals surface area contributed by atoms with E-state index in [-0.39, 0.29) is 5.82 Å². The van der Waals surface area contributed by atoms with Crippen LogP contribution in [0.15, 0.2) is 54.9 Å². The van der Waals surface area contributed by atoms with Gasteiger partial charge in [-0.25, -0.2) is 19.7 Å². The van der Waals surface area contributed by atoms with Crippen LogP contribution >= 0.6 is 0 Å². The van der Waals surface area contributed by atoms with E-state index in [0.29, 0.717) is 28.7 Å². The summed E-state index contributed by atoms with van der Waals surface area (Å²) in [6, 6.07) is 14.4. The van der Waals surface area contributed by atoms with E-state index < -0.39 is 6.09 Å². The summed E-state index contributed by atoms with van der Waals surface area (Å²) in [7, 11) is 5.25. The predicted octanol–water partition coefficient (Wildman–Crippen LogP) is 3.81. The number of methoxy groups -OCH3 is 2. The minimum absolute atomic E-state index is 0.227. The van der Waals surface area contributed by atoms with E-state index >= 15 is 0 Å². The van der Waals surface area contributed by atoms with Gasteiger partial charge in [-0.3, -0.25) is 0 Å². The van der Waals surface area contributed by atoms with Crippen LogP contribution in [-0.4, -0.2) is 73.5 Å². The molecule has 0 bridgehead atoms. The van der Waals surface area contributed by atoms with Crippen molar-refractivity contribution in [2.75, 3.05) is 62.6 Å². The zero-order valence-corrected chi connectivity index (χ0v) is 19.4. The van der Waals surface area contributed by atoms with Crippen molar-refractivity contribution in [3.05, 3.63) is 54.9 Å². The molecular weight excluding hydrogens is 436 g/mol. The van der Waals surface area contributed by atoms with Crippen LogP contribution in [0.3, 0.4) is 0 Å². The topological polar surface area (TPSA) is 103 Å². The van der Waals surface area contributed by atoms with E-state index in [9.17, 15) is 9.90 Å². The van der Waals surface area contributed by atoms with Crippen molar-refractivity contribution in [1.82, 2.24) is 14.9 Å². The number of benzene rings is 2. The van der Waals surface area contributed by atoms with E-state index in [0.717, 1.165) is 36.8 Å². The molecule has 10 nitrogen and oxygen atoms in total. The number of aromatic nitrogens is 2. The lowest BCUT2D eigenvalue weighted by molar-refractivity contribution is 0.204. The van der Waals surface area contributed by atoms with Crippen molar-refractivity contribution >= 4 is 34.8 Å². The standard InChI is InChI=1S/C24H28N6O4/c1-28-10-12-29(13-11-28)17-4-6-18(7-5-17)30(24(31)32)23-15-22(25-16-26-23)27-20-9-8-19(33-2)14-21(20)34-3/h4-9,14-16H,10-13H2,1-3H3,(H,31,32)(H,25,26,27). The molecule has 1 aliphatic heterocycles. The lowest BCUT2D eigenvalue weighted by Crippen LogP contribution is -2.44. The second-order valence-corrected chi connectivity index (χ2v) is 7.88. The average Bonchev–Trinajstić information content (AvgIpc) is 2.85. The highest BCUT2D eigenvalue weighted by Crippen LogP contribution is 2.32. The highest BCUT2D eigenvalue weighted by atomic mass is 16.5. The zero-order chi connectivity index (χ0) is 24.1. The van der Waals surface area contributed by atoms with Crippen molar-refractivity contribution in [3.63, 3.8) is 0 Å². The van der Waals surface area contributed by atoms with Crippen LogP contribution in [0.4, 0.5) is 33.5 Å². The number of anilines is 5. The lowest BCUT2D eigenvalue weighted by Gasteiger charge is -2.34. The van der Waals surface area contributed by atoms with E-state index in [1.54, 1.807) is 50.6 Å². The molecule has 1 fully saturated rings. The van der Waals surface area contributed by atoms with Gasteiger partial charge < -0.3 is 29.7 Å². The molecule has 0 saturated carbocycles. The first-order valence-electron chi connectivity index (χ1n) is 10.9. The quantitative estimate of drug-likeness (QED) is 0.540. The summed E-state index contributed by atoms with van der Waals surface area (Å²) in [4.78, 5) is 26.3. The molecule has 2 N–H and O–H groups in total. The van der Waals surface area contributed by atoms with E-state index in [1.807, 2.05) is 12.1 Å². The number of hydrogen-bond acceptors (Lipinski definition) is 8. The Balaban J connectivity index is 1.56. The van der Waals surface area contributed by atoms with Crippen molar-refractivity contribution < 1.29 is 19.4 Å². The number of piperazine rings is 1. The van der Waals surface area contributed by atoms with E-state index in [4.69, 9.17) is 9.47 Å². The van der Waals surface area contributed by atoms with E-state index in [1.165, 1.54) is 6.33 Å². The molecule has 2 heterocycles. The summed E-state index contributed by atoms with van der Waals surface area (Å²) in [5.41, 5.74) is 2.22. The number of nitrogens with one attached hydrogen (secondary N) is 1. The fraction of sp³-hybridized carbons (Fsp3) is 0.292. The molecule has 1 amide bonds. The van der Waals surface area contributed by atoms with Gasteiger partial charge in [-0.15, -0.1) is 0 Å². The van der Waals surface area contributed by atoms with Gasteiger partial charge >= 0.3 is 6.09 Å². The number of hydrogen-bond donors (Lipinski definition) is 2. The first-order chi connectivity index (χ1) is 16.5. The van der Waals surface area contributed by atoms with Gasteiger partial charge in [0.1, 0.15) is 29.5 Å². The number of ether oxygens (including phenoxy) is 2. The van der Waals surface area contributed by atoms with E-state index in [2.05, 4.69) is 32.1 Å². The van der Waals surface area contributed by atoms with Crippen LogP contribution in [0.5, 0.6) is 11.5 Å². The molecule has 0 aliphatic carbocycles. The fourth-order valence-corrected chi connectivity index (χ4v) is 3.80. The Morgan fingerprint density at radius 2 is 1.74 bits per heavy atom. The Morgan fingerprint density at radius 1 is 1.00 bits per heavy atom. The van der Waals surface area contributed by atoms with Gasteiger partial charge in [-0.2, -0.15) is 0 Å². The summed E-state index contributed by atoms with van der Waals surface area (Å²) < 4.78 is 10.6. The fourth-order valence-electron chi connectivity index (χ4n) is 3.80. The summed E-state index contributed by atoms with van der Waals surface area (Å²) in [5.74, 6) is 1.87. The molecular formula is C24H28N6O4. The molecule has 1 aromatic heterocycles. The monoisotopic (exact) mass is 464 g/mol. The summed E-state index contributed by atoms with van der Waals surface area (Å²) in [5, 5.41) is 13.1. The molecule has 3 aromatic rings. The Morgan fingerprint density at radius 3 is 2.38 bits per heavy atom.